The van der Waals surface area contributed by atoms with E-state index in [1.54, 1.807) is 11.3 Å². The molecule has 0 fully saturated rings. The van der Waals surface area contributed by atoms with Crippen molar-refractivity contribution in [3.05, 3.63) is 47.2 Å². The summed E-state index contributed by atoms with van der Waals surface area (Å²) in [5.41, 5.74) is 7.59. The van der Waals surface area contributed by atoms with Crippen molar-refractivity contribution >= 4 is 16.3 Å². The Hall–Kier alpha value is -2.05. The van der Waals surface area contributed by atoms with E-state index < -0.39 is 0 Å². The van der Waals surface area contributed by atoms with Gasteiger partial charge in [-0.25, -0.2) is 4.98 Å². The van der Waals surface area contributed by atoms with Crippen LogP contribution in [-0.2, 0) is 13.2 Å². The van der Waals surface area contributed by atoms with E-state index in [2.05, 4.69) is 4.98 Å². The summed E-state index contributed by atoms with van der Waals surface area (Å²) >= 11 is 1.60. The van der Waals surface area contributed by atoms with Gasteiger partial charge in [-0.1, -0.05) is 12.1 Å². The summed E-state index contributed by atoms with van der Waals surface area (Å²) in [6, 6.07) is 5.76. The molecule has 0 saturated heterocycles. The number of nitrogens with zero attached hydrogens (tertiary/aromatic N) is 2. The number of rotatable bonds is 6. The zero-order chi connectivity index (χ0) is 14.7. The van der Waals surface area contributed by atoms with Crippen molar-refractivity contribution in [2.45, 2.75) is 20.1 Å². The molecule has 3 aromatic rings. The van der Waals surface area contributed by atoms with Gasteiger partial charge >= 0.3 is 0 Å². The number of para-hydroxylation sites is 1. The smallest absolute Gasteiger partial charge is 0.193 e. The predicted octanol–water partition coefficient (Wildman–Crippen LogP) is 2.83. The lowest BCUT2D eigenvalue weighted by atomic mass is 10.2. The molecular weight excluding hydrogens is 286 g/mol. The average molecular weight is 303 g/mol. The second-order valence-electron chi connectivity index (χ2n) is 4.50. The van der Waals surface area contributed by atoms with Crippen molar-refractivity contribution in [1.29, 1.82) is 0 Å². The zero-order valence-corrected chi connectivity index (χ0v) is 12.6. The number of fused-ring (bicyclic) bond motifs is 1. The van der Waals surface area contributed by atoms with Crippen molar-refractivity contribution < 1.29 is 9.47 Å². The number of imidazole rings is 1. The second kappa shape index (κ2) is 6.15. The summed E-state index contributed by atoms with van der Waals surface area (Å²) in [4.78, 5) is 5.47. The number of hydrogen-bond acceptors (Lipinski definition) is 5. The van der Waals surface area contributed by atoms with Crippen LogP contribution < -0.4 is 15.2 Å². The first-order valence-electron chi connectivity index (χ1n) is 6.80. The lowest BCUT2D eigenvalue weighted by Crippen LogP contribution is -2.05. The molecule has 21 heavy (non-hydrogen) atoms. The summed E-state index contributed by atoms with van der Waals surface area (Å²) in [5.74, 6) is 1.43. The number of ether oxygens (including phenoxy) is 2. The molecule has 0 amide bonds. The first-order valence-corrected chi connectivity index (χ1v) is 7.68. The van der Waals surface area contributed by atoms with Gasteiger partial charge in [0.15, 0.2) is 16.5 Å². The Labute approximate surface area is 126 Å². The Morgan fingerprint density at radius 3 is 3.00 bits per heavy atom. The van der Waals surface area contributed by atoms with E-state index in [4.69, 9.17) is 15.2 Å². The van der Waals surface area contributed by atoms with Crippen molar-refractivity contribution in [3.63, 3.8) is 0 Å². The maximum absolute atomic E-state index is 5.92. The third-order valence-electron chi connectivity index (χ3n) is 3.09. The Morgan fingerprint density at radius 1 is 1.33 bits per heavy atom. The minimum absolute atomic E-state index is 0.394. The molecule has 0 aliphatic heterocycles. The highest BCUT2D eigenvalue weighted by atomic mass is 32.1. The van der Waals surface area contributed by atoms with Gasteiger partial charge in [0.25, 0.3) is 0 Å². The molecule has 6 heteroatoms. The van der Waals surface area contributed by atoms with Crippen LogP contribution in [0.4, 0.5) is 0 Å². The minimum atomic E-state index is 0.394. The molecule has 0 unspecified atom stereocenters. The van der Waals surface area contributed by atoms with E-state index in [0.29, 0.717) is 25.5 Å². The zero-order valence-electron chi connectivity index (χ0n) is 11.8. The fourth-order valence-corrected chi connectivity index (χ4v) is 2.87. The lowest BCUT2D eigenvalue weighted by molar-refractivity contribution is 0.264. The highest BCUT2D eigenvalue weighted by molar-refractivity contribution is 7.15. The second-order valence-corrected chi connectivity index (χ2v) is 5.37. The highest BCUT2D eigenvalue weighted by Crippen LogP contribution is 2.31. The number of hydrogen-bond donors (Lipinski definition) is 1. The van der Waals surface area contributed by atoms with Gasteiger partial charge in [0.2, 0.25) is 0 Å². The third kappa shape index (κ3) is 2.86. The molecule has 0 aliphatic carbocycles. The van der Waals surface area contributed by atoms with Crippen molar-refractivity contribution in [2.24, 2.45) is 5.73 Å². The standard InChI is InChI=1S/C15H17N3O2S/c1-2-19-13-5-3-4-11(8-16)14(13)20-10-12-9-18-6-7-21-15(18)17-12/h3-7,9H,2,8,10,16H2,1H3. The number of nitrogens with two attached hydrogens (primary N) is 1. The molecule has 0 saturated carbocycles. The Bertz CT molecular complexity index is 707. The van der Waals surface area contributed by atoms with Crippen LogP contribution in [0.15, 0.2) is 36.0 Å². The van der Waals surface area contributed by atoms with Gasteiger partial charge in [-0.2, -0.15) is 0 Å². The molecule has 0 spiro atoms. The van der Waals surface area contributed by atoms with Crippen LogP contribution in [0.2, 0.25) is 0 Å². The van der Waals surface area contributed by atoms with E-state index in [1.165, 1.54) is 0 Å². The van der Waals surface area contributed by atoms with Gasteiger partial charge in [-0.05, 0) is 13.0 Å². The summed E-state index contributed by atoms with van der Waals surface area (Å²) in [7, 11) is 0. The van der Waals surface area contributed by atoms with Crippen LogP contribution in [0.1, 0.15) is 18.2 Å². The van der Waals surface area contributed by atoms with Crippen molar-refractivity contribution in [2.75, 3.05) is 6.61 Å². The van der Waals surface area contributed by atoms with Crippen molar-refractivity contribution in [1.82, 2.24) is 9.38 Å². The molecule has 0 radical (unpaired) electrons. The Balaban J connectivity index is 1.81. The molecule has 110 valence electrons. The summed E-state index contributed by atoms with van der Waals surface area (Å²) in [6.07, 6.45) is 3.95. The van der Waals surface area contributed by atoms with Crippen LogP contribution in [0.25, 0.3) is 4.96 Å². The number of thiazole rings is 1. The first-order chi connectivity index (χ1) is 10.3. The monoisotopic (exact) mass is 303 g/mol. The molecule has 0 atom stereocenters. The summed E-state index contributed by atoms with van der Waals surface area (Å²) in [5, 5.41) is 2.00. The molecule has 1 aromatic carbocycles. The van der Waals surface area contributed by atoms with Crippen LogP contribution in [0.3, 0.4) is 0 Å². The lowest BCUT2D eigenvalue weighted by Gasteiger charge is -2.14. The molecule has 2 N–H and O–H groups in total. The summed E-state index contributed by atoms with van der Waals surface area (Å²) < 4.78 is 13.5. The van der Waals surface area contributed by atoms with Crippen LogP contribution in [0.5, 0.6) is 11.5 Å². The topological polar surface area (TPSA) is 61.8 Å². The number of benzene rings is 1. The van der Waals surface area contributed by atoms with E-state index in [9.17, 15) is 0 Å². The molecule has 0 bridgehead atoms. The maximum atomic E-state index is 5.92. The van der Waals surface area contributed by atoms with Crippen LogP contribution >= 0.6 is 11.3 Å². The van der Waals surface area contributed by atoms with E-state index in [0.717, 1.165) is 22.0 Å². The Morgan fingerprint density at radius 2 is 2.24 bits per heavy atom. The first kappa shape index (κ1) is 13.9. The minimum Gasteiger partial charge on any atom is -0.490 e. The largest absolute Gasteiger partial charge is 0.490 e. The van der Waals surface area contributed by atoms with Gasteiger partial charge in [0, 0.05) is 29.9 Å². The quantitative estimate of drug-likeness (QED) is 0.760. The van der Waals surface area contributed by atoms with Gasteiger partial charge in [0.1, 0.15) is 6.61 Å². The molecule has 3 rings (SSSR count). The SMILES string of the molecule is CCOc1cccc(CN)c1OCc1cn2ccsc2n1. The van der Waals surface area contributed by atoms with Gasteiger partial charge < -0.3 is 15.2 Å². The molecular formula is C15H17N3O2S. The van der Waals surface area contributed by atoms with E-state index >= 15 is 0 Å². The van der Waals surface area contributed by atoms with E-state index in [1.807, 2.05) is 47.3 Å². The van der Waals surface area contributed by atoms with Gasteiger partial charge in [-0.15, -0.1) is 11.3 Å². The summed E-state index contributed by atoms with van der Waals surface area (Å²) in [6.45, 7) is 3.34. The maximum Gasteiger partial charge on any atom is 0.193 e. The fourth-order valence-electron chi connectivity index (χ4n) is 2.15. The molecule has 0 aliphatic rings. The van der Waals surface area contributed by atoms with Crippen LogP contribution in [-0.4, -0.2) is 16.0 Å². The Kier molecular flexibility index (Phi) is 4.08. The normalized spacial score (nSPS) is 11.0. The predicted molar refractivity (Wildman–Crippen MR) is 82.9 cm³/mol. The van der Waals surface area contributed by atoms with Crippen molar-refractivity contribution in [3.8, 4) is 11.5 Å². The van der Waals surface area contributed by atoms with E-state index in [-0.39, 0.29) is 0 Å². The highest BCUT2D eigenvalue weighted by Gasteiger charge is 2.11. The number of aromatic nitrogens is 2. The van der Waals surface area contributed by atoms with Crippen LogP contribution in [0, 0.1) is 0 Å². The molecule has 2 aromatic heterocycles. The molecule has 5 nitrogen and oxygen atoms in total. The molecule has 2 heterocycles. The van der Waals surface area contributed by atoms with Gasteiger partial charge in [0.05, 0.1) is 12.3 Å². The third-order valence-corrected chi connectivity index (χ3v) is 3.86. The fraction of sp³-hybridized carbons (Fsp3) is 0.267. The van der Waals surface area contributed by atoms with Gasteiger partial charge in [-0.3, -0.25) is 4.40 Å². The average Bonchev–Trinajstić information content (AvgIpc) is 3.07.